The van der Waals surface area contributed by atoms with E-state index in [4.69, 9.17) is 16.7 Å². The third kappa shape index (κ3) is 5.66. The number of aliphatic hydroxyl groups is 1. The predicted molar refractivity (Wildman–Crippen MR) is 100 cm³/mol. The van der Waals surface area contributed by atoms with E-state index < -0.39 is 12.2 Å². The summed E-state index contributed by atoms with van der Waals surface area (Å²) < 4.78 is 0. The molecule has 25 heavy (non-hydrogen) atoms. The maximum atomic E-state index is 10.8. The third-order valence-electron chi connectivity index (χ3n) is 3.72. The lowest BCUT2D eigenvalue weighted by Gasteiger charge is -2.19. The first-order valence-corrected chi connectivity index (χ1v) is 8.51. The number of rotatable bonds is 7. The monoisotopic (exact) mass is 362 g/mol. The Morgan fingerprint density at radius 3 is 2.64 bits per heavy atom. The van der Waals surface area contributed by atoms with E-state index in [0.29, 0.717) is 22.1 Å². The van der Waals surface area contributed by atoms with Gasteiger partial charge in [-0.1, -0.05) is 49.7 Å². The zero-order valence-corrected chi connectivity index (χ0v) is 15.0. The Bertz CT molecular complexity index is 734. The minimum Gasteiger partial charge on any atom is -0.465 e. The number of benzene rings is 2. The lowest BCUT2D eigenvalue weighted by atomic mass is 9.98. The van der Waals surface area contributed by atoms with Gasteiger partial charge < -0.3 is 20.8 Å². The molecule has 0 saturated heterocycles. The summed E-state index contributed by atoms with van der Waals surface area (Å²) in [7, 11) is 0. The van der Waals surface area contributed by atoms with Crippen LogP contribution in [0.3, 0.4) is 0 Å². The van der Waals surface area contributed by atoms with E-state index in [1.807, 2.05) is 18.2 Å². The van der Waals surface area contributed by atoms with Gasteiger partial charge in [0, 0.05) is 29.4 Å². The van der Waals surface area contributed by atoms with E-state index >= 15 is 0 Å². The number of carboxylic acid groups (broad SMARTS) is 1. The van der Waals surface area contributed by atoms with Crippen molar-refractivity contribution in [2.75, 3.05) is 11.9 Å². The molecule has 1 amide bonds. The van der Waals surface area contributed by atoms with Crippen molar-refractivity contribution in [3.05, 3.63) is 64.2 Å². The largest absolute Gasteiger partial charge is 0.465 e. The molecule has 2 rings (SSSR count). The van der Waals surface area contributed by atoms with Crippen molar-refractivity contribution in [2.45, 2.75) is 26.5 Å². The molecule has 0 aliphatic carbocycles. The highest BCUT2D eigenvalue weighted by Crippen LogP contribution is 2.31. The average Bonchev–Trinajstić information content (AvgIpc) is 2.58. The van der Waals surface area contributed by atoms with Crippen LogP contribution in [0.2, 0.25) is 5.02 Å². The number of aliphatic hydroxyl groups excluding tert-OH is 1. The van der Waals surface area contributed by atoms with Gasteiger partial charge in [-0.2, -0.15) is 0 Å². The second-order valence-electron chi connectivity index (χ2n) is 6.31. The standard InChI is InChI=1S/C19H23ClN2O3/c1-12(2)10-21-17-7-6-15(20)9-16(17)18(23)14-5-3-4-13(8-14)11-22-19(24)25/h3-9,12,18,21-23H,10-11H2,1-2H3,(H,24,25). The van der Waals surface area contributed by atoms with Gasteiger partial charge in [0.15, 0.2) is 0 Å². The Morgan fingerprint density at radius 1 is 1.20 bits per heavy atom. The Hall–Kier alpha value is -2.24. The topological polar surface area (TPSA) is 81.6 Å². The first-order chi connectivity index (χ1) is 11.9. The van der Waals surface area contributed by atoms with Crippen LogP contribution >= 0.6 is 11.6 Å². The Balaban J connectivity index is 2.27. The maximum absolute atomic E-state index is 10.8. The number of nitrogens with one attached hydrogen (secondary N) is 2. The number of carbonyl (C=O) groups is 1. The molecule has 0 aliphatic rings. The molecule has 0 radical (unpaired) electrons. The van der Waals surface area contributed by atoms with Gasteiger partial charge in [0.2, 0.25) is 0 Å². The van der Waals surface area contributed by atoms with E-state index in [9.17, 15) is 9.90 Å². The van der Waals surface area contributed by atoms with Crippen molar-refractivity contribution >= 4 is 23.4 Å². The summed E-state index contributed by atoms with van der Waals surface area (Å²) in [5, 5.41) is 25.8. The molecule has 6 heteroatoms. The molecular weight excluding hydrogens is 340 g/mol. The lowest BCUT2D eigenvalue weighted by molar-refractivity contribution is 0.194. The summed E-state index contributed by atoms with van der Waals surface area (Å²) in [5.74, 6) is 0.464. The van der Waals surface area contributed by atoms with Crippen LogP contribution in [0.15, 0.2) is 42.5 Å². The van der Waals surface area contributed by atoms with Gasteiger partial charge in [-0.15, -0.1) is 0 Å². The van der Waals surface area contributed by atoms with Crippen LogP contribution in [-0.2, 0) is 6.54 Å². The van der Waals surface area contributed by atoms with Crippen LogP contribution in [0.5, 0.6) is 0 Å². The van der Waals surface area contributed by atoms with E-state index in [0.717, 1.165) is 17.8 Å². The van der Waals surface area contributed by atoms with Crippen molar-refractivity contribution in [2.24, 2.45) is 5.92 Å². The number of anilines is 1. The normalized spacial score (nSPS) is 12.0. The highest BCUT2D eigenvalue weighted by Gasteiger charge is 2.16. The van der Waals surface area contributed by atoms with E-state index in [-0.39, 0.29) is 6.54 Å². The quantitative estimate of drug-likeness (QED) is 0.593. The number of halogens is 1. The lowest BCUT2D eigenvalue weighted by Crippen LogP contribution is -2.20. The summed E-state index contributed by atoms with van der Waals surface area (Å²) in [5.41, 5.74) is 2.98. The van der Waals surface area contributed by atoms with E-state index in [1.54, 1.807) is 24.3 Å². The van der Waals surface area contributed by atoms with Crippen molar-refractivity contribution in [1.29, 1.82) is 0 Å². The molecule has 5 nitrogen and oxygen atoms in total. The fourth-order valence-corrected chi connectivity index (χ4v) is 2.65. The summed E-state index contributed by atoms with van der Waals surface area (Å²) >= 11 is 6.11. The summed E-state index contributed by atoms with van der Waals surface area (Å²) in [6, 6.07) is 12.6. The second-order valence-corrected chi connectivity index (χ2v) is 6.75. The van der Waals surface area contributed by atoms with Crippen molar-refractivity contribution in [1.82, 2.24) is 5.32 Å². The molecule has 2 aromatic rings. The molecule has 0 spiro atoms. The Kier molecular flexibility index (Phi) is 6.67. The van der Waals surface area contributed by atoms with Crippen molar-refractivity contribution in [3.8, 4) is 0 Å². The summed E-state index contributed by atoms with van der Waals surface area (Å²) in [6.45, 7) is 5.18. The molecule has 0 aliphatic heterocycles. The smallest absolute Gasteiger partial charge is 0.404 e. The minimum absolute atomic E-state index is 0.184. The highest BCUT2D eigenvalue weighted by atomic mass is 35.5. The zero-order valence-electron chi connectivity index (χ0n) is 14.3. The minimum atomic E-state index is -1.08. The molecule has 0 fully saturated rings. The molecule has 0 heterocycles. The first-order valence-electron chi connectivity index (χ1n) is 8.14. The number of hydrogen-bond donors (Lipinski definition) is 4. The van der Waals surface area contributed by atoms with Crippen LogP contribution in [0.25, 0.3) is 0 Å². The number of hydrogen-bond acceptors (Lipinski definition) is 3. The molecule has 1 atom stereocenters. The highest BCUT2D eigenvalue weighted by molar-refractivity contribution is 6.30. The van der Waals surface area contributed by atoms with Gasteiger partial charge >= 0.3 is 6.09 Å². The van der Waals surface area contributed by atoms with Gasteiger partial charge in [0.25, 0.3) is 0 Å². The Labute approximate surface area is 152 Å². The molecule has 2 aromatic carbocycles. The van der Waals surface area contributed by atoms with Crippen molar-refractivity contribution in [3.63, 3.8) is 0 Å². The first kappa shape index (κ1) is 19.1. The summed E-state index contributed by atoms with van der Waals surface area (Å²) in [4.78, 5) is 10.6. The molecule has 0 saturated carbocycles. The van der Waals surface area contributed by atoms with E-state index in [1.165, 1.54) is 0 Å². The molecule has 0 aromatic heterocycles. The fourth-order valence-electron chi connectivity index (χ4n) is 2.47. The second kappa shape index (κ2) is 8.74. The van der Waals surface area contributed by atoms with Gasteiger partial charge in [0.1, 0.15) is 6.10 Å². The third-order valence-corrected chi connectivity index (χ3v) is 3.95. The van der Waals surface area contributed by atoms with E-state index in [2.05, 4.69) is 24.5 Å². The van der Waals surface area contributed by atoms with Crippen LogP contribution in [0, 0.1) is 5.92 Å². The zero-order chi connectivity index (χ0) is 18.4. The van der Waals surface area contributed by atoms with Crippen LogP contribution in [0.4, 0.5) is 10.5 Å². The van der Waals surface area contributed by atoms with Crippen LogP contribution in [0.1, 0.15) is 36.6 Å². The molecule has 134 valence electrons. The number of amides is 1. The maximum Gasteiger partial charge on any atom is 0.404 e. The fraction of sp³-hybridized carbons (Fsp3) is 0.316. The predicted octanol–water partition coefficient (Wildman–Crippen LogP) is 4.26. The van der Waals surface area contributed by atoms with Gasteiger partial charge in [-0.3, -0.25) is 0 Å². The van der Waals surface area contributed by atoms with Crippen molar-refractivity contribution < 1.29 is 15.0 Å². The summed E-state index contributed by atoms with van der Waals surface area (Å²) in [6.07, 6.45) is -1.95. The van der Waals surface area contributed by atoms with Crippen LogP contribution in [-0.4, -0.2) is 22.9 Å². The molecule has 0 bridgehead atoms. The molecule has 1 unspecified atom stereocenters. The van der Waals surface area contributed by atoms with Gasteiger partial charge in [0.05, 0.1) is 0 Å². The molecular formula is C19H23ClN2O3. The van der Waals surface area contributed by atoms with Crippen LogP contribution < -0.4 is 10.6 Å². The van der Waals surface area contributed by atoms with Gasteiger partial charge in [-0.25, -0.2) is 4.79 Å². The molecule has 4 N–H and O–H groups in total. The Morgan fingerprint density at radius 2 is 1.96 bits per heavy atom. The average molecular weight is 363 g/mol. The SMILES string of the molecule is CC(C)CNc1ccc(Cl)cc1C(O)c1cccc(CNC(=O)O)c1. The van der Waals surface area contributed by atoms with Gasteiger partial charge in [-0.05, 0) is 35.2 Å².